The van der Waals surface area contributed by atoms with E-state index in [2.05, 4.69) is 10.4 Å². The van der Waals surface area contributed by atoms with Gasteiger partial charge in [-0.2, -0.15) is 0 Å². The molecule has 0 saturated heterocycles. The fourth-order valence-corrected chi connectivity index (χ4v) is 1.77. The number of rotatable bonds is 1. The summed E-state index contributed by atoms with van der Waals surface area (Å²) in [5.41, 5.74) is 6.34. The van der Waals surface area contributed by atoms with Gasteiger partial charge in [0.2, 0.25) is 0 Å². The van der Waals surface area contributed by atoms with Gasteiger partial charge in [-0.05, 0) is 37.6 Å². The van der Waals surface area contributed by atoms with E-state index >= 15 is 0 Å². The van der Waals surface area contributed by atoms with E-state index in [1.807, 2.05) is 32.0 Å². The van der Waals surface area contributed by atoms with Crippen molar-refractivity contribution < 1.29 is 0 Å². The largest absolute Gasteiger partial charge is 0.323 e. The smallest absolute Gasteiger partial charge is 0.0741 e. The number of nitrogen functional groups attached to an aromatic ring is 1. The Balaban J connectivity index is 2.84. The maximum absolute atomic E-state index is 6.04. The third-order valence-corrected chi connectivity index (χ3v) is 2.78. The van der Waals surface area contributed by atoms with E-state index in [1.165, 1.54) is 0 Å². The average molecular weight is 222 g/mol. The molecule has 0 amide bonds. The number of anilines is 1. The third kappa shape index (κ3) is 1.76. The van der Waals surface area contributed by atoms with Crippen molar-refractivity contribution in [2.45, 2.75) is 13.8 Å². The highest BCUT2D eigenvalue weighted by Gasteiger charge is 2.05. The average Bonchev–Trinajstić information content (AvgIpc) is 2.19. The molecule has 0 bridgehead atoms. The fourth-order valence-electron chi connectivity index (χ4n) is 1.61. The zero-order chi connectivity index (χ0) is 11.0. The van der Waals surface area contributed by atoms with Gasteiger partial charge in [0.15, 0.2) is 0 Å². The molecule has 15 heavy (non-hydrogen) atoms. The number of hydrogen-bond acceptors (Lipinski definition) is 3. The topological polar surface area (TPSA) is 50.9 Å². The van der Waals surface area contributed by atoms with Crippen LogP contribution in [0, 0.1) is 13.8 Å². The Morgan fingerprint density at radius 2 is 2.00 bits per heavy atom. The summed E-state index contributed by atoms with van der Waals surface area (Å²) in [5, 5.41) is 1.72. The lowest BCUT2D eigenvalue weighted by Crippen LogP contribution is -2.08. The van der Waals surface area contributed by atoms with Crippen LogP contribution in [0.15, 0.2) is 18.2 Å². The number of halogens is 1. The lowest BCUT2D eigenvalue weighted by Gasteiger charge is -2.08. The minimum atomic E-state index is 0.726. The molecule has 0 radical (unpaired) electrons. The van der Waals surface area contributed by atoms with Crippen molar-refractivity contribution >= 4 is 28.2 Å². The van der Waals surface area contributed by atoms with Crippen LogP contribution in [0.1, 0.15) is 11.3 Å². The van der Waals surface area contributed by atoms with Crippen LogP contribution < -0.4 is 11.3 Å². The molecule has 0 fully saturated rings. The van der Waals surface area contributed by atoms with Crippen LogP contribution in [0.4, 0.5) is 5.69 Å². The van der Waals surface area contributed by atoms with Crippen molar-refractivity contribution in [3.63, 3.8) is 0 Å². The van der Waals surface area contributed by atoms with Crippen LogP contribution in [0.2, 0.25) is 5.02 Å². The van der Waals surface area contributed by atoms with Crippen LogP contribution in [-0.2, 0) is 0 Å². The lowest BCUT2D eigenvalue weighted by molar-refractivity contribution is 1.24. The van der Waals surface area contributed by atoms with E-state index in [4.69, 9.17) is 17.4 Å². The van der Waals surface area contributed by atoms with Gasteiger partial charge >= 0.3 is 0 Å². The van der Waals surface area contributed by atoms with Gasteiger partial charge in [0.25, 0.3) is 0 Å². The van der Waals surface area contributed by atoms with Crippen molar-refractivity contribution in [1.29, 1.82) is 0 Å². The van der Waals surface area contributed by atoms with Crippen LogP contribution in [0.5, 0.6) is 0 Å². The molecule has 0 aliphatic rings. The second-order valence-electron chi connectivity index (χ2n) is 3.57. The van der Waals surface area contributed by atoms with Crippen molar-refractivity contribution in [3.05, 3.63) is 34.5 Å². The molecule has 1 aromatic heterocycles. The summed E-state index contributed by atoms with van der Waals surface area (Å²) in [5.74, 6) is 5.46. The lowest BCUT2D eigenvalue weighted by atomic mass is 10.1. The summed E-state index contributed by atoms with van der Waals surface area (Å²) in [6.07, 6.45) is 0. The van der Waals surface area contributed by atoms with Crippen molar-refractivity contribution in [3.8, 4) is 0 Å². The number of benzene rings is 1. The summed E-state index contributed by atoms with van der Waals surface area (Å²) < 4.78 is 0. The predicted molar refractivity (Wildman–Crippen MR) is 64.0 cm³/mol. The molecule has 78 valence electrons. The van der Waals surface area contributed by atoms with E-state index in [9.17, 15) is 0 Å². The second-order valence-corrected chi connectivity index (χ2v) is 3.98. The normalized spacial score (nSPS) is 10.7. The Bertz CT molecular complexity index is 523. The zero-order valence-electron chi connectivity index (χ0n) is 8.63. The van der Waals surface area contributed by atoms with E-state index in [-0.39, 0.29) is 0 Å². The molecule has 0 spiro atoms. The zero-order valence-corrected chi connectivity index (χ0v) is 9.39. The SMILES string of the molecule is Cc1cc(NN)c2cc(C)c(Cl)cc2n1. The third-order valence-electron chi connectivity index (χ3n) is 2.37. The summed E-state index contributed by atoms with van der Waals surface area (Å²) in [7, 11) is 0. The first-order valence-corrected chi connectivity index (χ1v) is 5.03. The number of nitrogens with one attached hydrogen (secondary N) is 1. The molecular weight excluding hydrogens is 210 g/mol. The van der Waals surface area contributed by atoms with Crippen molar-refractivity contribution in [2.24, 2.45) is 5.84 Å². The molecule has 0 atom stereocenters. The molecule has 3 N–H and O–H groups in total. The summed E-state index contributed by atoms with van der Waals surface area (Å²) in [6, 6.07) is 5.76. The monoisotopic (exact) mass is 221 g/mol. The molecule has 0 aliphatic heterocycles. The first-order valence-electron chi connectivity index (χ1n) is 4.66. The van der Waals surface area contributed by atoms with E-state index in [0.717, 1.165) is 32.9 Å². The fraction of sp³-hybridized carbons (Fsp3) is 0.182. The van der Waals surface area contributed by atoms with Crippen molar-refractivity contribution in [2.75, 3.05) is 5.43 Å². The van der Waals surface area contributed by atoms with Gasteiger partial charge in [-0.25, -0.2) is 0 Å². The Morgan fingerprint density at radius 3 is 2.67 bits per heavy atom. The van der Waals surface area contributed by atoms with Crippen LogP contribution in [0.25, 0.3) is 10.9 Å². The molecule has 0 aliphatic carbocycles. The van der Waals surface area contributed by atoms with Gasteiger partial charge in [-0.3, -0.25) is 10.8 Å². The number of nitrogens with zero attached hydrogens (tertiary/aromatic N) is 1. The van der Waals surface area contributed by atoms with Crippen LogP contribution >= 0.6 is 11.6 Å². The van der Waals surface area contributed by atoms with E-state index in [0.29, 0.717) is 0 Å². The molecule has 2 aromatic rings. The minimum Gasteiger partial charge on any atom is -0.323 e. The highest BCUT2D eigenvalue weighted by Crippen LogP contribution is 2.27. The molecule has 2 rings (SSSR count). The maximum atomic E-state index is 6.04. The molecule has 0 saturated carbocycles. The number of pyridine rings is 1. The first kappa shape index (κ1) is 10.2. The first-order chi connectivity index (χ1) is 7.11. The Labute approximate surface area is 93.2 Å². The number of fused-ring (bicyclic) bond motifs is 1. The number of hydrogen-bond donors (Lipinski definition) is 2. The van der Waals surface area contributed by atoms with Gasteiger partial charge in [-0.15, -0.1) is 0 Å². The van der Waals surface area contributed by atoms with Gasteiger partial charge in [0.1, 0.15) is 0 Å². The standard InChI is InChI=1S/C11H12ClN3/c1-6-3-8-10(5-9(6)12)14-7(2)4-11(8)15-13/h3-5H,13H2,1-2H3,(H,14,15). The van der Waals surface area contributed by atoms with Crippen molar-refractivity contribution in [1.82, 2.24) is 4.98 Å². The molecular formula is C11H12ClN3. The summed E-state index contributed by atoms with van der Waals surface area (Å²) >= 11 is 6.04. The van der Waals surface area contributed by atoms with E-state index in [1.54, 1.807) is 0 Å². The number of aryl methyl sites for hydroxylation is 2. The van der Waals surface area contributed by atoms with Crippen LogP contribution in [0.3, 0.4) is 0 Å². The van der Waals surface area contributed by atoms with Gasteiger partial charge in [0, 0.05) is 16.1 Å². The highest BCUT2D eigenvalue weighted by molar-refractivity contribution is 6.32. The van der Waals surface area contributed by atoms with Gasteiger partial charge in [-0.1, -0.05) is 11.6 Å². The quantitative estimate of drug-likeness (QED) is 0.575. The Hall–Kier alpha value is -1.32. The molecule has 0 unspecified atom stereocenters. The summed E-state index contributed by atoms with van der Waals surface area (Å²) in [6.45, 7) is 3.88. The number of nitrogens with two attached hydrogens (primary N) is 1. The second kappa shape index (κ2) is 3.68. The predicted octanol–water partition coefficient (Wildman–Crippen LogP) is 2.79. The number of aromatic nitrogens is 1. The number of hydrazine groups is 1. The van der Waals surface area contributed by atoms with Gasteiger partial charge in [0.05, 0.1) is 11.2 Å². The van der Waals surface area contributed by atoms with Crippen LogP contribution in [-0.4, -0.2) is 4.98 Å². The Kier molecular flexibility index (Phi) is 2.50. The Morgan fingerprint density at radius 1 is 1.27 bits per heavy atom. The molecule has 4 heteroatoms. The van der Waals surface area contributed by atoms with E-state index < -0.39 is 0 Å². The minimum absolute atomic E-state index is 0.726. The van der Waals surface area contributed by atoms with Gasteiger partial charge < -0.3 is 5.43 Å². The summed E-state index contributed by atoms with van der Waals surface area (Å²) in [4.78, 5) is 4.41. The molecule has 3 nitrogen and oxygen atoms in total. The highest BCUT2D eigenvalue weighted by atomic mass is 35.5. The molecule has 1 aromatic carbocycles. The maximum Gasteiger partial charge on any atom is 0.0741 e. The molecule has 1 heterocycles.